The van der Waals surface area contributed by atoms with Gasteiger partial charge in [-0.05, 0) is 23.6 Å². The molecule has 0 spiro atoms. The van der Waals surface area contributed by atoms with Gasteiger partial charge in [0.05, 0.1) is 5.75 Å². The Morgan fingerprint density at radius 1 is 1.35 bits per heavy atom. The standard InChI is InChI=1S/C13H18BrNO4S/c1-3-9(2)12(13(16)17)15-20(18,19)8-10-4-6-11(14)7-5-10/h4-7,9,12,15H,3,8H2,1-2H3,(H,16,17)/t9-,12-/m0/s1. The Labute approximate surface area is 127 Å². The van der Waals surface area contributed by atoms with Crippen LogP contribution in [-0.2, 0) is 20.6 Å². The zero-order valence-electron chi connectivity index (χ0n) is 11.3. The number of nitrogens with one attached hydrogen (secondary N) is 1. The van der Waals surface area contributed by atoms with Crippen LogP contribution in [0, 0.1) is 5.92 Å². The molecule has 0 unspecified atom stereocenters. The van der Waals surface area contributed by atoms with E-state index >= 15 is 0 Å². The average Bonchev–Trinajstić information content (AvgIpc) is 2.37. The number of benzene rings is 1. The van der Waals surface area contributed by atoms with E-state index in [0.29, 0.717) is 12.0 Å². The summed E-state index contributed by atoms with van der Waals surface area (Å²) >= 11 is 3.27. The third kappa shape index (κ3) is 5.22. The monoisotopic (exact) mass is 363 g/mol. The number of carboxylic acid groups (broad SMARTS) is 1. The van der Waals surface area contributed by atoms with Gasteiger partial charge in [0.25, 0.3) is 0 Å². The fraction of sp³-hybridized carbons (Fsp3) is 0.462. The van der Waals surface area contributed by atoms with E-state index in [-0.39, 0.29) is 11.7 Å². The fourth-order valence-corrected chi connectivity index (χ4v) is 3.38. The Balaban J connectivity index is 2.82. The first-order valence-corrected chi connectivity index (χ1v) is 8.67. The van der Waals surface area contributed by atoms with Crippen LogP contribution in [-0.4, -0.2) is 25.5 Å². The average molecular weight is 364 g/mol. The number of sulfonamides is 1. The van der Waals surface area contributed by atoms with E-state index in [4.69, 9.17) is 5.11 Å². The Bertz CT molecular complexity index is 556. The van der Waals surface area contributed by atoms with Crippen molar-refractivity contribution in [1.29, 1.82) is 0 Å². The molecular weight excluding hydrogens is 346 g/mol. The molecule has 1 rings (SSSR count). The number of rotatable bonds is 7. The van der Waals surface area contributed by atoms with Crippen molar-refractivity contribution in [3.8, 4) is 0 Å². The third-order valence-corrected chi connectivity index (χ3v) is 4.91. The largest absolute Gasteiger partial charge is 0.480 e. The summed E-state index contributed by atoms with van der Waals surface area (Å²) in [6.45, 7) is 3.53. The van der Waals surface area contributed by atoms with Crippen molar-refractivity contribution in [2.45, 2.75) is 32.1 Å². The van der Waals surface area contributed by atoms with Crippen molar-refractivity contribution < 1.29 is 18.3 Å². The molecule has 5 nitrogen and oxygen atoms in total. The molecule has 0 saturated heterocycles. The number of halogens is 1. The quantitative estimate of drug-likeness (QED) is 0.778. The minimum absolute atomic E-state index is 0.236. The minimum Gasteiger partial charge on any atom is -0.480 e. The highest BCUT2D eigenvalue weighted by Crippen LogP contribution is 2.14. The molecule has 7 heteroatoms. The van der Waals surface area contributed by atoms with E-state index in [1.807, 2.05) is 6.92 Å². The predicted molar refractivity (Wildman–Crippen MR) is 80.8 cm³/mol. The Hall–Kier alpha value is -0.920. The van der Waals surface area contributed by atoms with Crippen molar-refractivity contribution in [1.82, 2.24) is 4.72 Å². The lowest BCUT2D eigenvalue weighted by molar-refractivity contribution is -0.140. The molecule has 0 saturated carbocycles. The van der Waals surface area contributed by atoms with Gasteiger partial charge in [0.2, 0.25) is 10.0 Å². The van der Waals surface area contributed by atoms with Gasteiger partial charge in [0, 0.05) is 4.47 Å². The molecule has 20 heavy (non-hydrogen) atoms. The maximum atomic E-state index is 12.0. The van der Waals surface area contributed by atoms with Gasteiger partial charge in [-0.3, -0.25) is 4.79 Å². The molecule has 0 bridgehead atoms. The molecule has 0 fully saturated rings. The summed E-state index contributed by atoms with van der Waals surface area (Å²) < 4.78 is 27.2. The van der Waals surface area contributed by atoms with E-state index in [0.717, 1.165) is 4.47 Å². The second-order valence-electron chi connectivity index (χ2n) is 4.70. The molecule has 112 valence electrons. The van der Waals surface area contributed by atoms with Crippen LogP contribution in [0.2, 0.25) is 0 Å². The summed E-state index contributed by atoms with van der Waals surface area (Å²) in [5.74, 6) is -1.66. The molecule has 0 amide bonds. The smallest absolute Gasteiger partial charge is 0.322 e. The van der Waals surface area contributed by atoms with Crippen LogP contribution in [0.4, 0.5) is 0 Å². The van der Waals surface area contributed by atoms with Crippen LogP contribution in [0.15, 0.2) is 28.7 Å². The third-order valence-electron chi connectivity index (χ3n) is 3.06. The highest BCUT2D eigenvalue weighted by Gasteiger charge is 2.28. The maximum Gasteiger partial charge on any atom is 0.322 e. The highest BCUT2D eigenvalue weighted by molar-refractivity contribution is 9.10. The van der Waals surface area contributed by atoms with Crippen LogP contribution in [0.1, 0.15) is 25.8 Å². The maximum absolute atomic E-state index is 12.0. The van der Waals surface area contributed by atoms with Gasteiger partial charge < -0.3 is 5.11 Å². The van der Waals surface area contributed by atoms with Crippen molar-refractivity contribution >= 4 is 31.9 Å². The van der Waals surface area contributed by atoms with E-state index < -0.39 is 22.0 Å². The van der Waals surface area contributed by atoms with Gasteiger partial charge in [-0.1, -0.05) is 48.3 Å². The second kappa shape index (κ2) is 7.19. The Morgan fingerprint density at radius 2 is 1.90 bits per heavy atom. The number of hydrogen-bond donors (Lipinski definition) is 2. The summed E-state index contributed by atoms with van der Waals surface area (Å²) in [7, 11) is -3.69. The van der Waals surface area contributed by atoms with Gasteiger partial charge >= 0.3 is 5.97 Å². The fourth-order valence-electron chi connectivity index (χ4n) is 1.68. The zero-order valence-corrected chi connectivity index (χ0v) is 13.7. The minimum atomic E-state index is -3.69. The molecule has 0 aliphatic carbocycles. The molecule has 1 aromatic carbocycles. The summed E-state index contributed by atoms with van der Waals surface area (Å²) in [5.41, 5.74) is 0.606. The topological polar surface area (TPSA) is 83.5 Å². The van der Waals surface area contributed by atoms with Gasteiger partial charge in [-0.25, -0.2) is 13.1 Å². The molecule has 1 aromatic rings. The second-order valence-corrected chi connectivity index (χ2v) is 7.37. The lowest BCUT2D eigenvalue weighted by Crippen LogP contribution is -2.45. The van der Waals surface area contributed by atoms with E-state index in [2.05, 4.69) is 20.7 Å². The van der Waals surface area contributed by atoms with Crippen molar-refractivity contribution in [3.05, 3.63) is 34.3 Å². The SMILES string of the molecule is CC[C@H](C)[C@H](NS(=O)(=O)Cc1ccc(Br)cc1)C(=O)O. The first kappa shape index (κ1) is 17.1. The van der Waals surface area contributed by atoms with Gasteiger partial charge in [0.1, 0.15) is 6.04 Å². The molecule has 2 N–H and O–H groups in total. The van der Waals surface area contributed by atoms with E-state index in [1.165, 1.54) is 0 Å². The van der Waals surface area contributed by atoms with Gasteiger partial charge in [0.15, 0.2) is 0 Å². The summed E-state index contributed by atoms with van der Waals surface area (Å²) in [6, 6.07) is 5.76. The van der Waals surface area contributed by atoms with E-state index in [9.17, 15) is 13.2 Å². The predicted octanol–water partition coefficient (Wildman–Crippen LogP) is 2.37. The van der Waals surface area contributed by atoms with Crippen molar-refractivity contribution in [3.63, 3.8) is 0 Å². The van der Waals surface area contributed by atoms with Crippen LogP contribution in [0.5, 0.6) is 0 Å². The van der Waals surface area contributed by atoms with Crippen molar-refractivity contribution in [2.24, 2.45) is 5.92 Å². The molecule has 0 radical (unpaired) electrons. The number of carbonyl (C=O) groups is 1. The van der Waals surface area contributed by atoms with Gasteiger partial charge in [-0.15, -0.1) is 0 Å². The lowest BCUT2D eigenvalue weighted by Gasteiger charge is -2.20. The first-order chi connectivity index (χ1) is 9.25. The van der Waals surface area contributed by atoms with Crippen LogP contribution >= 0.6 is 15.9 Å². The summed E-state index contributed by atoms with van der Waals surface area (Å²) in [4.78, 5) is 11.1. The molecule has 0 heterocycles. The summed E-state index contributed by atoms with van der Waals surface area (Å²) in [5, 5.41) is 9.11. The van der Waals surface area contributed by atoms with Crippen LogP contribution in [0.3, 0.4) is 0 Å². The first-order valence-electron chi connectivity index (χ1n) is 6.22. The van der Waals surface area contributed by atoms with Crippen molar-refractivity contribution in [2.75, 3.05) is 0 Å². The van der Waals surface area contributed by atoms with Crippen LogP contribution in [0.25, 0.3) is 0 Å². The zero-order chi connectivity index (χ0) is 15.3. The lowest BCUT2D eigenvalue weighted by atomic mass is 10.0. The molecule has 2 atom stereocenters. The highest BCUT2D eigenvalue weighted by atomic mass is 79.9. The molecule has 0 aromatic heterocycles. The number of hydrogen-bond acceptors (Lipinski definition) is 3. The normalized spacial score (nSPS) is 14.8. The Morgan fingerprint density at radius 3 is 2.35 bits per heavy atom. The molecule has 0 aliphatic heterocycles. The Kier molecular flexibility index (Phi) is 6.16. The molecule has 0 aliphatic rings. The number of aliphatic carboxylic acids is 1. The summed E-state index contributed by atoms with van der Waals surface area (Å²) in [6.07, 6.45) is 0.581. The molecular formula is C13H18BrNO4S. The van der Waals surface area contributed by atoms with Crippen LogP contribution < -0.4 is 4.72 Å². The number of carboxylic acids is 1. The van der Waals surface area contributed by atoms with E-state index in [1.54, 1.807) is 31.2 Å². The van der Waals surface area contributed by atoms with Gasteiger partial charge in [-0.2, -0.15) is 0 Å².